The standard InChI is InChI=1S/C63H118NO8P/c1-3-5-7-9-11-13-15-17-19-21-23-25-27-28-29-30-31-32-34-36-38-40-42-44-46-48-50-52-54-56-63(66)72-61(60-71-73(67,68)70-58-57-64)59-69-62(65)55-53-51-49-47-45-43-41-39-37-35-33-26-24-22-20-18-16-14-12-10-8-6-4-2/h15-18,21-24,61H,3-14,19-20,25-60,64H2,1-2H3,(H,67,68)/b17-15-,18-16-,23-21-,24-22-. The number of nitrogens with two attached hydrogens (primary N) is 1. The van der Waals surface area contributed by atoms with E-state index in [9.17, 15) is 19.0 Å². The number of hydrogen-bond acceptors (Lipinski definition) is 8. The van der Waals surface area contributed by atoms with Gasteiger partial charge in [0.1, 0.15) is 6.61 Å². The summed E-state index contributed by atoms with van der Waals surface area (Å²) in [5.41, 5.74) is 5.39. The molecule has 0 aliphatic heterocycles. The summed E-state index contributed by atoms with van der Waals surface area (Å²) in [7, 11) is -4.39. The molecule has 2 unspecified atom stereocenters. The van der Waals surface area contributed by atoms with Gasteiger partial charge >= 0.3 is 19.8 Å². The Labute approximate surface area is 451 Å². The monoisotopic (exact) mass is 1050 g/mol. The first-order valence-corrected chi connectivity index (χ1v) is 32.6. The zero-order valence-electron chi connectivity index (χ0n) is 47.9. The van der Waals surface area contributed by atoms with Gasteiger partial charge in [0.25, 0.3) is 0 Å². The number of phosphoric ester groups is 1. The zero-order chi connectivity index (χ0) is 53.1. The van der Waals surface area contributed by atoms with Crippen LogP contribution in [0.3, 0.4) is 0 Å². The third-order valence-electron chi connectivity index (χ3n) is 13.7. The van der Waals surface area contributed by atoms with Crippen molar-refractivity contribution in [2.75, 3.05) is 26.4 Å². The van der Waals surface area contributed by atoms with E-state index in [0.29, 0.717) is 6.42 Å². The maximum Gasteiger partial charge on any atom is 0.472 e. The van der Waals surface area contributed by atoms with Crippen LogP contribution in [-0.4, -0.2) is 49.3 Å². The van der Waals surface area contributed by atoms with Gasteiger partial charge in [-0.05, 0) is 77.0 Å². The van der Waals surface area contributed by atoms with Crippen LogP contribution in [0.15, 0.2) is 48.6 Å². The number of ether oxygens (including phenoxy) is 2. The molecule has 3 N–H and O–H groups in total. The van der Waals surface area contributed by atoms with Crippen LogP contribution >= 0.6 is 7.82 Å². The van der Waals surface area contributed by atoms with Crippen molar-refractivity contribution in [3.05, 3.63) is 48.6 Å². The third-order valence-corrected chi connectivity index (χ3v) is 14.7. The van der Waals surface area contributed by atoms with Crippen LogP contribution < -0.4 is 5.73 Å². The van der Waals surface area contributed by atoms with Gasteiger partial charge < -0.3 is 20.1 Å². The van der Waals surface area contributed by atoms with E-state index < -0.39 is 26.5 Å². The molecule has 0 aliphatic rings. The Morgan fingerprint density at radius 1 is 0.411 bits per heavy atom. The van der Waals surface area contributed by atoms with Crippen LogP contribution in [0, 0.1) is 0 Å². The molecule has 0 aromatic carbocycles. The molecule has 0 aromatic rings. The number of carbonyl (C=O) groups excluding carboxylic acids is 2. The molecule has 0 rings (SSSR count). The molecular formula is C63H118NO8P. The highest BCUT2D eigenvalue weighted by atomic mass is 31.2. The van der Waals surface area contributed by atoms with Crippen molar-refractivity contribution < 1.29 is 37.6 Å². The summed E-state index contributed by atoms with van der Waals surface area (Å²) in [6, 6.07) is 0. The maximum atomic E-state index is 12.7. The summed E-state index contributed by atoms with van der Waals surface area (Å²) in [5.74, 6) is -0.817. The van der Waals surface area contributed by atoms with Crippen molar-refractivity contribution in [2.24, 2.45) is 5.73 Å². The van der Waals surface area contributed by atoms with Gasteiger partial charge in [-0.2, -0.15) is 0 Å². The fraction of sp³-hybridized carbons (Fsp3) is 0.841. The lowest BCUT2D eigenvalue weighted by Gasteiger charge is -2.19. The fourth-order valence-electron chi connectivity index (χ4n) is 9.05. The molecule has 0 aromatic heterocycles. The quantitative estimate of drug-likeness (QED) is 0.0264. The molecule has 0 saturated carbocycles. The van der Waals surface area contributed by atoms with E-state index in [2.05, 4.69) is 62.5 Å². The van der Waals surface area contributed by atoms with Gasteiger partial charge in [-0.15, -0.1) is 0 Å². The SMILES string of the molecule is CCCCCCC/C=C\C/C=C\CCCCCCCCCCCCCCCCCCCC(=O)OC(COC(=O)CCCCCCCCCCCCC/C=C\C/C=C\CCCCCCC)COP(=O)(O)OCCN. The highest BCUT2D eigenvalue weighted by Crippen LogP contribution is 2.43. The van der Waals surface area contributed by atoms with Crippen LogP contribution in [0.2, 0.25) is 0 Å². The average Bonchev–Trinajstić information content (AvgIpc) is 3.38. The first-order chi connectivity index (χ1) is 35.8. The number of rotatable bonds is 59. The molecule has 0 aliphatic carbocycles. The molecule has 0 bridgehead atoms. The summed E-state index contributed by atoms with van der Waals surface area (Å²) < 4.78 is 33.1. The predicted molar refractivity (Wildman–Crippen MR) is 312 cm³/mol. The highest BCUT2D eigenvalue weighted by molar-refractivity contribution is 7.47. The Bertz CT molecular complexity index is 1330. The van der Waals surface area contributed by atoms with Crippen molar-refractivity contribution in [3.8, 4) is 0 Å². The molecule has 0 spiro atoms. The minimum Gasteiger partial charge on any atom is -0.462 e. The summed E-state index contributed by atoms with van der Waals surface area (Å²) in [5, 5.41) is 0. The molecule has 0 fully saturated rings. The van der Waals surface area contributed by atoms with Crippen molar-refractivity contribution in [1.29, 1.82) is 0 Å². The van der Waals surface area contributed by atoms with E-state index in [1.54, 1.807) is 0 Å². The normalized spacial score (nSPS) is 13.3. The minimum atomic E-state index is -4.39. The van der Waals surface area contributed by atoms with Crippen molar-refractivity contribution >= 4 is 19.8 Å². The van der Waals surface area contributed by atoms with Crippen molar-refractivity contribution in [3.63, 3.8) is 0 Å². The summed E-state index contributed by atoms with van der Waals surface area (Å²) in [6.07, 6.45) is 73.2. The van der Waals surface area contributed by atoms with Crippen molar-refractivity contribution in [1.82, 2.24) is 0 Å². The van der Waals surface area contributed by atoms with Gasteiger partial charge in [0.05, 0.1) is 13.2 Å². The lowest BCUT2D eigenvalue weighted by molar-refractivity contribution is -0.161. The number of unbranched alkanes of at least 4 members (excludes halogenated alkanes) is 38. The molecule has 428 valence electrons. The number of phosphoric acid groups is 1. The molecule has 73 heavy (non-hydrogen) atoms. The lowest BCUT2D eigenvalue weighted by atomic mass is 10.0. The van der Waals surface area contributed by atoms with Gasteiger partial charge in [0.2, 0.25) is 0 Å². The summed E-state index contributed by atoms with van der Waals surface area (Å²) in [6.45, 7) is 3.77. The van der Waals surface area contributed by atoms with Crippen LogP contribution in [-0.2, 0) is 32.7 Å². The largest absolute Gasteiger partial charge is 0.472 e. The second-order valence-corrected chi connectivity index (χ2v) is 22.4. The van der Waals surface area contributed by atoms with Crippen molar-refractivity contribution in [2.45, 2.75) is 315 Å². The number of carbonyl (C=O) groups is 2. The fourth-order valence-corrected chi connectivity index (χ4v) is 9.82. The number of allylic oxidation sites excluding steroid dienone is 8. The van der Waals surface area contributed by atoms with Gasteiger partial charge in [0, 0.05) is 19.4 Å². The molecule has 0 radical (unpaired) electrons. The molecule has 10 heteroatoms. The lowest BCUT2D eigenvalue weighted by Crippen LogP contribution is -2.29. The van der Waals surface area contributed by atoms with Gasteiger partial charge in [-0.1, -0.05) is 268 Å². The molecule has 0 amide bonds. The Morgan fingerprint density at radius 2 is 0.712 bits per heavy atom. The minimum absolute atomic E-state index is 0.0537. The summed E-state index contributed by atoms with van der Waals surface area (Å²) in [4.78, 5) is 35.2. The van der Waals surface area contributed by atoms with Gasteiger partial charge in [-0.3, -0.25) is 18.6 Å². The third kappa shape index (κ3) is 59.1. The van der Waals surface area contributed by atoms with Crippen LogP contribution in [0.5, 0.6) is 0 Å². The maximum absolute atomic E-state index is 12.7. The number of hydrogen-bond donors (Lipinski definition) is 2. The Balaban J connectivity index is 3.91. The second-order valence-electron chi connectivity index (χ2n) is 20.9. The van der Waals surface area contributed by atoms with Gasteiger partial charge in [-0.25, -0.2) is 4.57 Å². The highest BCUT2D eigenvalue weighted by Gasteiger charge is 2.26. The Morgan fingerprint density at radius 3 is 1.04 bits per heavy atom. The van der Waals surface area contributed by atoms with E-state index in [4.69, 9.17) is 24.3 Å². The second kappa shape index (κ2) is 59.2. The first-order valence-electron chi connectivity index (χ1n) is 31.1. The molecule has 2 atom stereocenters. The topological polar surface area (TPSA) is 134 Å². The first kappa shape index (κ1) is 71.0. The molecule has 0 saturated heterocycles. The van der Waals surface area contributed by atoms with E-state index >= 15 is 0 Å². The predicted octanol–water partition coefficient (Wildman–Crippen LogP) is 19.7. The Kier molecular flexibility index (Phi) is 57.6. The van der Waals surface area contributed by atoms with E-state index in [1.807, 2.05) is 0 Å². The van der Waals surface area contributed by atoms with Crippen LogP contribution in [0.1, 0.15) is 309 Å². The van der Waals surface area contributed by atoms with E-state index in [0.717, 1.165) is 44.9 Å². The number of esters is 2. The zero-order valence-corrected chi connectivity index (χ0v) is 48.8. The van der Waals surface area contributed by atoms with Gasteiger partial charge in [0.15, 0.2) is 6.10 Å². The Hall–Kier alpha value is -2.03. The molecule has 0 heterocycles. The van der Waals surface area contributed by atoms with E-state index in [1.165, 1.54) is 231 Å². The van der Waals surface area contributed by atoms with Crippen LogP contribution in [0.4, 0.5) is 0 Å². The van der Waals surface area contributed by atoms with Crippen LogP contribution in [0.25, 0.3) is 0 Å². The molecular weight excluding hydrogens is 930 g/mol. The molecule has 9 nitrogen and oxygen atoms in total. The smallest absolute Gasteiger partial charge is 0.462 e. The summed E-state index contributed by atoms with van der Waals surface area (Å²) >= 11 is 0. The van der Waals surface area contributed by atoms with E-state index in [-0.39, 0.29) is 38.6 Å². The average molecular weight is 1050 g/mol.